The molecule has 0 fully saturated rings. The van der Waals surface area contributed by atoms with Gasteiger partial charge in [-0.25, -0.2) is 0 Å². The van der Waals surface area contributed by atoms with Crippen LogP contribution in [-0.4, -0.2) is 96.2 Å². The van der Waals surface area contributed by atoms with Gasteiger partial charge in [0, 0.05) is 42.3 Å². The van der Waals surface area contributed by atoms with Crippen molar-refractivity contribution in [2.24, 2.45) is 0 Å². The summed E-state index contributed by atoms with van der Waals surface area (Å²) in [7, 11) is 11.0. The Morgan fingerprint density at radius 3 is 0.632 bits per heavy atom. The van der Waals surface area contributed by atoms with E-state index in [1.165, 1.54) is 0 Å². The summed E-state index contributed by atoms with van der Waals surface area (Å²) < 4.78 is 1.53. The smallest absolute Gasteiger partial charge is 0.411 e. The van der Waals surface area contributed by atoms with Gasteiger partial charge < -0.3 is 89.2 Å². The van der Waals surface area contributed by atoms with Gasteiger partial charge in [0.25, 0.3) is 0 Å². The van der Waals surface area contributed by atoms with Crippen LogP contribution in [0.2, 0.25) is 0 Å². The first-order valence-electron chi connectivity index (χ1n) is 4.58. The quantitative estimate of drug-likeness (QED) is 0.236. The molecule has 0 aromatic rings. The molecule has 110 valence electrons. The molecule has 2 radical (unpaired) electrons. The minimum atomic E-state index is 0. The predicted octanol–water partition coefficient (Wildman–Crippen LogP) is 0.759. The first kappa shape index (κ1) is 28.4. The summed E-state index contributed by atoms with van der Waals surface area (Å²) in [5, 5.41) is 0. The Bertz CT molecular complexity index is 228. The van der Waals surface area contributed by atoms with Crippen molar-refractivity contribution in [1.82, 2.24) is 14.7 Å². The number of thiocarbonyl (C=S) groups is 3. The van der Waals surface area contributed by atoms with Crippen LogP contribution < -0.4 is 0 Å². The van der Waals surface area contributed by atoms with E-state index < -0.39 is 0 Å². The summed E-state index contributed by atoms with van der Waals surface area (Å²) in [4.78, 5) is 5.14. The first-order chi connectivity index (χ1) is 7.93. The number of nitrogens with zero attached hydrogens (tertiary/aromatic N) is 3. The SMILES string of the molecule is CN(C)C(=S)[S-].CN(C)C(=S)[S-].CN(C)C(=S)[S-].[Bi+3]. The molecule has 0 aromatic heterocycles. The molecule has 19 heavy (non-hydrogen) atoms. The van der Waals surface area contributed by atoms with E-state index in [-0.39, 0.29) is 26.2 Å². The van der Waals surface area contributed by atoms with Crippen molar-refractivity contribution in [3.8, 4) is 0 Å². The van der Waals surface area contributed by atoms with Crippen LogP contribution in [0.15, 0.2) is 0 Å². The van der Waals surface area contributed by atoms with Crippen molar-refractivity contribution in [2.45, 2.75) is 0 Å². The third kappa shape index (κ3) is 32.6. The molecule has 0 saturated carbocycles. The van der Waals surface area contributed by atoms with Gasteiger partial charge in [0.05, 0.1) is 0 Å². The molecule has 0 N–H and O–H groups in total. The summed E-state index contributed by atoms with van der Waals surface area (Å²) in [5.41, 5.74) is 0. The summed E-state index contributed by atoms with van der Waals surface area (Å²) in [6.07, 6.45) is 0. The van der Waals surface area contributed by atoms with Gasteiger partial charge in [0.15, 0.2) is 0 Å². The second-order valence-corrected chi connectivity index (χ2v) is 6.58. The van der Waals surface area contributed by atoms with Crippen molar-refractivity contribution >= 4 is 114 Å². The zero-order valence-electron chi connectivity index (χ0n) is 11.7. The van der Waals surface area contributed by atoms with Gasteiger partial charge in [-0.3, -0.25) is 0 Å². The molecule has 0 aliphatic rings. The summed E-state index contributed by atoms with van der Waals surface area (Å²) in [6.45, 7) is 0. The van der Waals surface area contributed by atoms with E-state index in [1.807, 2.05) is 42.3 Å². The molecule has 0 aliphatic carbocycles. The molecule has 0 saturated heterocycles. The van der Waals surface area contributed by atoms with Gasteiger partial charge in [-0.15, -0.1) is 0 Å². The standard InChI is InChI=1S/3C3H7NS2.Bi/c3*1-4(2)3(5)6;/h3*1-2H3,(H,5,6);/q;;;+3/p-3. The molecule has 0 aliphatic heterocycles. The van der Waals surface area contributed by atoms with E-state index in [2.05, 4.69) is 74.5 Å². The second-order valence-electron chi connectivity index (χ2n) is 3.48. The summed E-state index contributed by atoms with van der Waals surface area (Å²) >= 11 is 27.4. The van der Waals surface area contributed by atoms with Crippen LogP contribution >= 0.6 is 36.7 Å². The zero-order valence-corrected chi connectivity index (χ0v) is 20.1. The van der Waals surface area contributed by atoms with Gasteiger partial charge in [0.2, 0.25) is 0 Å². The minimum Gasteiger partial charge on any atom is -0.411 e. The number of hydrogen-bond acceptors (Lipinski definition) is 6. The van der Waals surface area contributed by atoms with Crippen molar-refractivity contribution in [3.05, 3.63) is 0 Å². The molecule has 0 bridgehead atoms. The Labute approximate surface area is 169 Å². The second kappa shape index (κ2) is 17.3. The van der Waals surface area contributed by atoms with Crippen molar-refractivity contribution in [1.29, 1.82) is 0 Å². The molecule has 10 heteroatoms. The van der Waals surface area contributed by atoms with Gasteiger partial charge in [-0.05, 0) is 0 Å². The van der Waals surface area contributed by atoms with Crippen molar-refractivity contribution in [3.63, 3.8) is 0 Å². The molecule has 3 nitrogen and oxygen atoms in total. The van der Waals surface area contributed by atoms with Crippen molar-refractivity contribution in [2.75, 3.05) is 42.3 Å². The van der Waals surface area contributed by atoms with E-state index in [9.17, 15) is 0 Å². The fraction of sp³-hybridized carbons (Fsp3) is 0.667. The van der Waals surface area contributed by atoms with E-state index in [0.29, 0.717) is 13.0 Å². The molecule has 0 heterocycles. The van der Waals surface area contributed by atoms with Crippen molar-refractivity contribution < 1.29 is 0 Å². The first-order valence-corrected chi connectivity index (χ1v) is 7.03. The Balaban J connectivity index is -0.0000000865. The predicted molar refractivity (Wildman–Crippen MR) is 107 cm³/mol. The molecule has 0 spiro atoms. The number of hydrogen-bond donors (Lipinski definition) is 0. The molecule has 0 rings (SSSR count). The van der Waals surface area contributed by atoms with E-state index in [4.69, 9.17) is 0 Å². The van der Waals surface area contributed by atoms with Crippen LogP contribution in [0.25, 0.3) is 0 Å². The van der Waals surface area contributed by atoms with Crippen LogP contribution in [0.4, 0.5) is 0 Å². The largest absolute Gasteiger partial charge is 3.00 e. The van der Waals surface area contributed by atoms with Gasteiger partial charge in [0.1, 0.15) is 0 Å². The Kier molecular flexibility index (Phi) is 25.8. The molecule has 0 atom stereocenters. The third-order valence-electron chi connectivity index (χ3n) is 1.10. The van der Waals surface area contributed by atoms with Gasteiger partial charge in [-0.1, -0.05) is 13.0 Å². The molecule has 0 unspecified atom stereocenters. The molecular formula is C9H18BiN3S6. The monoisotopic (exact) mass is 569 g/mol. The maximum Gasteiger partial charge on any atom is 3.00 e. The van der Waals surface area contributed by atoms with Crippen LogP contribution in [0.3, 0.4) is 0 Å². The fourth-order valence-electron chi connectivity index (χ4n) is 0. The summed E-state index contributed by atoms with van der Waals surface area (Å²) in [5.74, 6) is 0. The fourth-order valence-corrected chi connectivity index (χ4v) is 0. The van der Waals surface area contributed by atoms with Crippen LogP contribution in [0.1, 0.15) is 0 Å². The average molecular weight is 570 g/mol. The van der Waals surface area contributed by atoms with Crippen LogP contribution in [0, 0.1) is 0 Å². The average Bonchev–Trinajstić information content (AvgIpc) is 2.18. The Morgan fingerprint density at radius 1 is 0.579 bits per heavy atom. The van der Waals surface area contributed by atoms with Gasteiger partial charge >= 0.3 is 26.2 Å². The molecule has 0 amide bonds. The molecule has 0 aromatic carbocycles. The van der Waals surface area contributed by atoms with E-state index in [0.717, 1.165) is 0 Å². The third-order valence-corrected chi connectivity index (χ3v) is 3.29. The minimum absolute atomic E-state index is 0. The normalized spacial score (nSPS) is 7.26. The zero-order chi connectivity index (χ0) is 15.5. The van der Waals surface area contributed by atoms with Crippen LogP contribution in [-0.2, 0) is 37.9 Å². The maximum atomic E-state index is 4.56. The van der Waals surface area contributed by atoms with Crippen LogP contribution in [0.5, 0.6) is 0 Å². The molecular weight excluding hydrogens is 552 g/mol. The van der Waals surface area contributed by atoms with Gasteiger partial charge in [-0.2, -0.15) is 0 Å². The van der Waals surface area contributed by atoms with E-state index in [1.54, 1.807) is 14.7 Å². The maximum absolute atomic E-state index is 4.56. The Hall–Kier alpha value is 1.21. The van der Waals surface area contributed by atoms with E-state index >= 15 is 0 Å². The Morgan fingerprint density at radius 2 is 0.632 bits per heavy atom. The summed E-state index contributed by atoms with van der Waals surface area (Å²) in [6, 6.07) is 0. The number of rotatable bonds is 0. The topological polar surface area (TPSA) is 9.72 Å².